The van der Waals surface area contributed by atoms with Crippen LogP contribution in [0.1, 0.15) is 221 Å². The van der Waals surface area contributed by atoms with Gasteiger partial charge in [-0.2, -0.15) is 0 Å². The molecule has 0 aliphatic heterocycles. The molecule has 8 aromatic carbocycles. The molecule has 8 aromatic rings. The van der Waals surface area contributed by atoms with Crippen molar-refractivity contribution in [3.8, 4) is 0 Å². The first-order chi connectivity index (χ1) is 51.6. The molecular weight excluding hydrogens is 1350 g/mol. The van der Waals surface area contributed by atoms with Gasteiger partial charge in [0.15, 0.2) is 11.6 Å². The van der Waals surface area contributed by atoms with E-state index >= 15 is 0 Å². The highest BCUT2D eigenvalue weighted by molar-refractivity contribution is 6.12. The zero-order valence-corrected chi connectivity index (χ0v) is 63.7. The molecule has 8 unspecified atom stereocenters. The van der Waals surface area contributed by atoms with E-state index < -0.39 is 36.4 Å². The summed E-state index contributed by atoms with van der Waals surface area (Å²) in [6.07, 6.45) is 3.39. The molecule has 0 saturated heterocycles. The molecule has 107 heavy (non-hydrogen) atoms. The second-order valence-electron chi connectivity index (χ2n) is 26.6. The van der Waals surface area contributed by atoms with E-state index in [2.05, 4.69) is 4.74 Å². The summed E-state index contributed by atoms with van der Waals surface area (Å²) in [6.45, 7) is 20.2. The van der Waals surface area contributed by atoms with Crippen molar-refractivity contribution >= 4 is 47.4 Å². The standard InChI is InChI=1S/2C43H50O7.C4H6O3/c2*1-31(41(49-33(3)44)25-15-27-47-29-35-17-7-5-8-18-35)37-21-11-13-23-39(37)43(46)40-24-14-12-22-38(40)32(2)42(50-34(4)45)26-16-28-48-30-36-19-9-6-10-20-36;1-3(5)7-4(2)6/h2*5-14,17-24,31-32,41-42H,15-16,25-30H2,1-4H3;1-2H3. The molecule has 8 rings (SSSR count). The maximum atomic E-state index is 14.4. The zero-order valence-electron chi connectivity index (χ0n) is 63.7. The Morgan fingerprint density at radius 2 is 0.439 bits per heavy atom. The molecule has 0 aromatic heterocycles. The van der Waals surface area contributed by atoms with Gasteiger partial charge in [-0.15, -0.1) is 0 Å². The van der Waals surface area contributed by atoms with Crippen LogP contribution >= 0.6 is 0 Å². The molecule has 17 heteroatoms. The zero-order chi connectivity index (χ0) is 77.3. The van der Waals surface area contributed by atoms with Crippen molar-refractivity contribution in [3.05, 3.63) is 285 Å². The van der Waals surface area contributed by atoms with Crippen molar-refractivity contribution in [1.82, 2.24) is 0 Å². The van der Waals surface area contributed by atoms with Crippen molar-refractivity contribution < 1.29 is 81.0 Å². The second kappa shape index (κ2) is 47.5. The number of esters is 6. The summed E-state index contributed by atoms with van der Waals surface area (Å²) < 4.78 is 50.8. The van der Waals surface area contributed by atoms with Crippen LogP contribution in [0.2, 0.25) is 0 Å². The second-order valence-corrected chi connectivity index (χ2v) is 26.6. The summed E-state index contributed by atoms with van der Waals surface area (Å²) in [5, 5.41) is 0. The fourth-order valence-electron chi connectivity index (χ4n) is 12.8. The van der Waals surface area contributed by atoms with Gasteiger partial charge in [0.05, 0.1) is 26.4 Å². The van der Waals surface area contributed by atoms with Crippen molar-refractivity contribution in [1.29, 1.82) is 0 Å². The van der Waals surface area contributed by atoms with Crippen molar-refractivity contribution in [2.45, 2.75) is 195 Å². The van der Waals surface area contributed by atoms with Crippen LogP contribution in [0.4, 0.5) is 0 Å². The Bertz CT molecular complexity index is 3510. The van der Waals surface area contributed by atoms with Gasteiger partial charge in [-0.1, -0.05) is 246 Å². The Morgan fingerprint density at radius 3 is 0.617 bits per heavy atom. The van der Waals surface area contributed by atoms with Crippen molar-refractivity contribution in [2.24, 2.45) is 0 Å². The summed E-state index contributed by atoms with van der Waals surface area (Å²) in [5.41, 5.74) is 9.85. The van der Waals surface area contributed by atoms with E-state index in [4.69, 9.17) is 37.9 Å². The number of benzene rings is 8. The van der Waals surface area contributed by atoms with Crippen LogP contribution in [-0.4, -0.2) is 98.2 Å². The molecule has 0 N–H and O–H groups in total. The molecule has 0 saturated carbocycles. The Kier molecular flexibility index (Phi) is 38.1. The molecule has 0 aliphatic carbocycles. The summed E-state index contributed by atoms with van der Waals surface area (Å²) in [6, 6.07) is 70.0. The molecule has 0 spiro atoms. The predicted octanol–water partition coefficient (Wildman–Crippen LogP) is 18.1. The van der Waals surface area contributed by atoms with Crippen LogP contribution in [0.25, 0.3) is 0 Å². The number of hydrogen-bond acceptors (Lipinski definition) is 17. The van der Waals surface area contributed by atoms with E-state index in [9.17, 15) is 38.4 Å². The Hall–Kier alpha value is -10.0. The molecule has 568 valence electrons. The van der Waals surface area contributed by atoms with E-state index in [-0.39, 0.29) is 59.1 Å². The van der Waals surface area contributed by atoms with Crippen LogP contribution in [0.3, 0.4) is 0 Å². The number of hydrogen-bond donors (Lipinski definition) is 0. The SMILES string of the molecule is CC(=O)OC(C)=O.CC(=O)OC(CCCOCc1ccccc1)C(C)c1ccccc1C(=O)c1ccccc1C(C)C(CCCOCc1ccccc1)OC(C)=O.CC(=O)OC(CCCOCc1ccccc1)C(C)c1ccccc1C(=O)c1ccccc1C(C)C(CCCOCc1ccccc1)OC(C)=O. The minimum absolute atomic E-state index is 0.129. The van der Waals surface area contributed by atoms with Gasteiger partial charge >= 0.3 is 35.8 Å². The lowest BCUT2D eigenvalue weighted by atomic mass is 9.83. The maximum absolute atomic E-state index is 14.4. The lowest BCUT2D eigenvalue weighted by Gasteiger charge is -2.27. The molecule has 0 fully saturated rings. The highest BCUT2D eigenvalue weighted by atomic mass is 16.6. The molecule has 0 heterocycles. The number of carbonyl (C=O) groups is 8. The maximum Gasteiger partial charge on any atom is 0.310 e. The number of carbonyl (C=O) groups excluding carboxylic acids is 8. The van der Waals surface area contributed by atoms with Crippen LogP contribution < -0.4 is 0 Å². The van der Waals surface area contributed by atoms with Crippen LogP contribution in [0.5, 0.6) is 0 Å². The minimum atomic E-state index is -0.562. The molecule has 0 radical (unpaired) electrons. The molecule has 0 amide bonds. The molecule has 17 nitrogen and oxygen atoms in total. The van der Waals surface area contributed by atoms with E-state index in [1.807, 2.05) is 246 Å². The molecular formula is C90H106O17. The monoisotopic (exact) mass is 1460 g/mol. The molecule has 0 aliphatic rings. The lowest BCUT2D eigenvalue weighted by Crippen LogP contribution is -2.26. The molecule has 8 atom stereocenters. The van der Waals surface area contributed by atoms with Gasteiger partial charge in [0.25, 0.3) is 0 Å². The van der Waals surface area contributed by atoms with E-state index in [0.717, 1.165) is 44.5 Å². The van der Waals surface area contributed by atoms with E-state index in [0.29, 0.717) is 126 Å². The fourth-order valence-corrected chi connectivity index (χ4v) is 12.8. The average Bonchev–Trinajstić information content (AvgIpc) is 0.799. The van der Waals surface area contributed by atoms with Gasteiger partial charge in [0, 0.05) is 114 Å². The van der Waals surface area contributed by atoms with Crippen molar-refractivity contribution in [2.75, 3.05) is 26.4 Å². The van der Waals surface area contributed by atoms with E-state index in [1.165, 1.54) is 41.5 Å². The van der Waals surface area contributed by atoms with Gasteiger partial charge in [0.2, 0.25) is 0 Å². The number of rotatable bonds is 40. The van der Waals surface area contributed by atoms with Gasteiger partial charge in [-0.25, -0.2) is 0 Å². The largest absolute Gasteiger partial charge is 0.462 e. The summed E-state index contributed by atoms with van der Waals surface area (Å²) in [7, 11) is 0. The first kappa shape index (κ1) is 85.9. The summed E-state index contributed by atoms with van der Waals surface area (Å²) >= 11 is 0. The van der Waals surface area contributed by atoms with Crippen LogP contribution in [0.15, 0.2) is 218 Å². The predicted molar refractivity (Wildman–Crippen MR) is 412 cm³/mol. The lowest BCUT2D eigenvalue weighted by molar-refractivity contribution is -0.156. The van der Waals surface area contributed by atoms with Crippen LogP contribution in [0, 0.1) is 0 Å². The van der Waals surface area contributed by atoms with E-state index in [1.54, 1.807) is 0 Å². The normalized spacial score (nSPS) is 13.1. The third-order valence-corrected chi connectivity index (χ3v) is 18.1. The number of ether oxygens (including phenoxy) is 9. The summed E-state index contributed by atoms with van der Waals surface area (Å²) in [5.74, 6) is -3.83. The first-order valence-corrected chi connectivity index (χ1v) is 36.9. The highest BCUT2D eigenvalue weighted by Crippen LogP contribution is 2.36. The highest BCUT2D eigenvalue weighted by Gasteiger charge is 2.32. The topological polar surface area (TPSA) is 220 Å². The smallest absolute Gasteiger partial charge is 0.310 e. The average molecular weight is 1460 g/mol. The minimum Gasteiger partial charge on any atom is -0.462 e. The number of ketones is 2. The van der Waals surface area contributed by atoms with Gasteiger partial charge < -0.3 is 42.6 Å². The third-order valence-electron chi connectivity index (χ3n) is 18.1. The Labute approximate surface area is 631 Å². The fraction of sp³-hybridized carbons (Fsp3) is 0.378. The first-order valence-electron chi connectivity index (χ1n) is 36.9. The molecule has 0 bridgehead atoms. The summed E-state index contributed by atoms with van der Waals surface area (Å²) in [4.78, 5) is 97.1. The quantitative estimate of drug-likeness (QED) is 0.0115. The van der Waals surface area contributed by atoms with Gasteiger partial charge in [-0.3, -0.25) is 38.4 Å². The Morgan fingerprint density at radius 1 is 0.252 bits per heavy atom. The third kappa shape index (κ3) is 30.8. The van der Waals surface area contributed by atoms with Crippen LogP contribution in [-0.2, 0) is 97.8 Å². The van der Waals surface area contributed by atoms with Gasteiger partial charge in [-0.05, 0) is 95.9 Å². The Balaban J connectivity index is 0.000000307. The van der Waals surface area contributed by atoms with Crippen molar-refractivity contribution in [3.63, 3.8) is 0 Å². The van der Waals surface area contributed by atoms with Gasteiger partial charge in [0.1, 0.15) is 24.4 Å².